The van der Waals surface area contributed by atoms with E-state index < -0.39 is 17.9 Å². The quantitative estimate of drug-likeness (QED) is 0.135. The molecule has 0 spiro atoms. The second-order valence-electron chi connectivity index (χ2n) is 8.89. The molecular formula is C29H42N2O5. The molecule has 0 aliphatic rings. The molecule has 1 unspecified atom stereocenters. The Morgan fingerprint density at radius 2 is 1.39 bits per heavy atom. The first-order chi connectivity index (χ1) is 17.6. The van der Waals surface area contributed by atoms with Crippen molar-refractivity contribution in [2.45, 2.75) is 85.0 Å². The third-order valence-corrected chi connectivity index (χ3v) is 6.01. The zero-order chi connectivity index (χ0) is 26.0. The molecule has 1 heterocycles. The van der Waals surface area contributed by atoms with Crippen molar-refractivity contribution in [1.29, 1.82) is 0 Å². The van der Waals surface area contributed by atoms with Gasteiger partial charge in [-0.2, -0.15) is 0 Å². The van der Waals surface area contributed by atoms with Crippen molar-refractivity contribution in [2.75, 3.05) is 19.8 Å². The van der Waals surface area contributed by atoms with Crippen molar-refractivity contribution in [3.05, 3.63) is 42.2 Å². The molecule has 0 radical (unpaired) electrons. The lowest BCUT2D eigenvalue weighted by Crippen LogP contribution is -2.28. The number of hydrogen-bond donors (Lipinski definition) is 0. The Bertz CT molecular complexity index is 884. The normalized spacial score (nSPS) is 11.6. The van der Waals surface area contributed by atoms with E-state index in [0.717, 1.165) is 17.5 Å². The van der Waals surface area contributed by atoms with Gasteiger partial charge in [-0.15, -0.1) is 0 Å². The van der Waals surface area contributed by atoms with Crippen molar-refractivity contribution >= 4 is 11.9 Å². The highest BCUT2D eigenvalue weighted by Crippen LogP contribution is 2.18. The Morgan fingerprint density at radius 1 is 0.778 bits per heavy atom. The number of carbonyl (C=O) groups is 2. The molecule has 1 aromatic carbocycles. The summed E-state index contributed by atoms with van der Waals surface area (Å²) in [5, 5.41) is 0. The average molecular weight is 499 g/mol. The van der Waals surface area contributed by atoms with Crippen LogP contribution in [-0.4, -0.2) is 41.7 Å². The molecule has 198 valence electrons. The van der Waals surface area contributed by atoms with E-state index in [9.17, 15) is 9.59 Å². The molecular weight excluding hydrogens is 456 g/mol. The highest BCUT2D eigenvalue weighted by molar-refractivity contribution is 5.94. The first kappa shape index (κ1) is 29.3. The predicted octanol–water partition coefficient (Wildman–Crippen LogP) is 6.34. The number of benzene rings is 1. The van der Waals surface area contributed by atoms with Crippen LogP contribution in [0.5, 0.6) is 5.75 Å². The van der Waals surface area contributed by atoms with Crippen LogP contribution in [-0.2, 0) is 25.5 Å². The number of esters is 2. The molecule has 0 aliphatic heterocycles. The van der Waals surface area contributed by atoms with Gasteiger partial charge in [0.2, 0.25) is 0 Å². The molecule has 0 aliphatic carbocycles. The van der Waals surface area contributed by atoms with Gasteiger partial charge in [0, 0.05) is 12.0 Å². The Hall–Kier alpha value is -2.96. The first-order valence-corrected chi connectivity index (χ1v) is 13.5. The lowest BCUT2D eigenvalue weighted by atomic mass is 10.1. The van der Waals surface area contributed by atoms with Gasteiger partial charge in [-0.05, 0) is 25.3 Å². The molecule has 1 aromatic heterocycles. The van der Waals surface area contributed by atoms with E-state index in [1.54, 1.807) is 26.2 Å². The van der Waals surface area contributed by atoms with Crippen molar-refractivity contribution < 1.29 is 23.8 Å². The minimum atomic E-state index is -0.864. The zero-order valence-electron chi connectivity index (χ0n) is 22.2. The summed E-state index contributed by atoms with van der Waals surface area (Å²) in [6.45, 7) is 6.86. The number of unbranched alkanes of at least 4 members (excludes halogenated alkanes) is 7. The van der Waals surface area contributed by atoms with Crippen LogP contribution in [0.1, 0.15) is 84.1 Å². The predicted molar refractivity (Wildman–Crippen MR) is 141 cm³/mol. The van der Waals surface area contributed by atoms with E-state index >= 15 is 0 Å². The fourth-order valence-corrected chi connectivity index (χ4v) is 3.83. The average Bonchev–Trinajstić information content (AvgIpc) is 2.89. The minimum Gasteiger partial charge on any atom is -0.490 e. The van der Waals surface area contributed by atoms with Gasteiger partial charge < -0.3 is 14.2 Å². The van der Waals surface area contributed by atoms with Crippen LogP contribution in [0.15, 0.2) is 36.7 Å². The zero-order valence-corrected chi connectivity index (χ0v) is 22.2. The van der Waals surface area contributed by atoms with E-state index in [1.165, 1.54) is 44.9 Å². The van der Waals surface area contributed by atoms with Gasteiger partial charge in [-0.3, -0.25) is 9.59 Å². The Balaban J connectivity index is 1.70. The van der Waals surface area contributed by atoms with Crippen molar-refractivity contribution in [1.82, 2.24) is 9.97 Å². The lowest BCUT2D eigenvalue weighted by Gasteiger charge is -2.13. The van der Waals surface area contributed by atoms with Gasteiger partial charge in [0.1, 0.15) is 0 Å². The van der Waals surface area contributed by atoms with E-state index in [4.69, 9.17) is 14.2 Å². The molecule has 36 heavy (non-hydrogen) atoms. The lowest BCUT2D eigenvalue weighted by molar-refractivity contribution is -0.161. The minimum absolute atomic E-state index is 0.204. The molecule has 0 saturated heterocycles. The third kappa shape index (κ3) is 10.8. The fraction of sp³-hybridized carbons (Fsp3) is 0.586. The number of carbonyl (C=O) groups excluding carboxylic acids is 2. The summed E-state index contributed by atoms with van der Waals surface area (Å²) in [7, 11) is 0. The van der Waals surface area contributed by atoms with Crippen molar-refractivity contribution in [2.24, 2.45) is 5.92 Å². The Labute approximate surface area is 216 Å². The summed E-state index contributed by atoms with van der Waals surface area (Å²) in [6.07, 6.45) is 14.5. The summed E-state index contributed by atoms with van der Waals surface area (Å²) >= 11 is 0. The molecule has 0 saturated carbocycles. The van der Waals surface area contributed by atoms with Gasteiger partial charge in [-0.1, -0.05) is 83.1 Å². The highest BCUT2D eigenvalue weighted by atomic mass is 16.6. The van der Waals surface area contributed by atoms with Gasteiger partial charge in [0.05, 0.1) is 32.2 Å². The number of ether oxygens (including phenoxy) is 3. The maximum absolute atomic E-state index is 12.2. The van der Waals surface area contributed by atoms with Crippen LogP contribution in [0, 0.1) is 5.92 Å². The van der Waals surface area contributed by atoms with E-state index in [2.05, 4.69) is 16.9 Å². The number of nitrogens with zero attached hydrogens (tertiary/aromatic N) is 2. The van der Waals surface area contributed by atoms with E-state index in [1.807, 2.05) is 24.3 Å². The summed E-state index contributed by atoms with van der Waals surface area (Å²) in [6, 6.07) is 7.81. The number of aromatic nitrogens is 2. The third-order valence-electron chi connectivity index (χ3n) is 6.01. The first-order valence-electron chi connectivity index (χ1n) is 13.5. The molecule has 1 atom stereocenters. The van der Waals surface area contributed by atoms with Gasteiger partial charge in [0.25, 0.3) is 0 Å². The Kier molecular flexibility index (Phi) is 14.2. The molecule has 0 bridgehead atoms. The monoisotopic (exact) mass is 498 g/mol. The van der Waals surface area contributed by atoms with Gasteiger partial charge >= 0.3 is 11.9 Å². The number of rotatable bonds is 18. The largest absolute Gasteiger partial charge is 0.490 e. The summed E-state index contributed by atoms with van der Waals surface area (Å²) < 4.78 is 16.0. The van der Waals surface area contributed by atoms with Crippen LogP contribution in [0.25, 0.3) is 11.4 Å². The van der Waals surface area contributed by atoms with Crippen LogP contribution in [0.4, 0.5) is 0 Å². The molecule has 0 fully saturated rings. The van der Waals surface area contributed by atoms with Crippen molar-refractivity contribution in [3.8, 4) is 17.1 Å². The molecule has 0 N–H and O–H groups in total. The summed E-state index contributed by atoms with van der Waals surface area (Å²) in [5.74, 6) is -0.609. The van der Waals surface area contributed by atoms with Crippen LogP contribution >= 0.6 is 0 Å². The molecule has 7 nitrogen and oxygen atoms in total. The van der Waals surface area contributed by atoms with E-state index in [-0.39, 0.29) is 13.2 Å². The SMILES string of the molecule is CCCCCCCCCCOc1cnc(-c2ccc(CCOC(=O)C(CC)C(=O)OCC)cc2)nc1. The van der Waals surface area contributed by atoms with Crippen LogP contribution < -0.4 is 4.74 Å². The van der Waals surface area contributed by atoms with E-state index in [0.29, 0.717) is 31.0 Å². The van der Waals surface area contributed by atoms with Gasteiger partial charge in [-0.25, -0.2) is 9.97 Å². The topological polar surface area (TPSA) is 87.6 Å². The Morgan fingerprint density at radius 3 is 2.00 bits per heavy atom. The standard InChI is InChI=1S/C29H42N2O5/c1-4-7-8-9-10-11-12-13-19-35-25-21-30-27(31-22-25)24-16-14-23(15-17-24)18-20-36-29(33)26(5-2)28(32)34-6-3/h14-17,21-22,26H,4-13,18-20H2,1-3H3. The summed E-state index contributed by atoms with van der Waals surface area (Å²) in [5.41, 5.74) is 1.92. The molecule has 2 rings (SSSR count). The molecule has 2 aromatic rings. The molecule has 7 heteroatoms. The maximum Gasteiger partial charge on any atom is 0.320 e. The maximum atomic E-state index is 12.2. The second-order valence-corrected chi connectivity index (χ2v) is 8.89. The van der Waals surface area contributed by atoms with Gasteiger partial charge in [0.15, 0.2) is 17.5 Å². The molecule has 0 amide bonds. The number of hydrogen-bond acceptors (Lipinski definition) is 7. The highest BCUT2D eigenvalue weighted by Gasteiger charge is 2.27. The van der Waals surface area contributed by atoms with Crippen LogP contribution in [0.3, 0.4) is 0 Å². The second kappa shape index (κ2) is 17.5. The fourth-order valence-electron chi connectivity index (χ4n) is 3.83. The van der Waals surface area contributed by atoms with Crippen molar-refractivity contribution in [3.63, 3.8) is 0 Å². The smallest absolute Gasteiger partial charge is 0.320 e. The van der Waals surface area contributed by atoms with Crippen LogP contribution in [0.2, 0.25) is 0 Å². The summed E-state index contributed by atoms with van der Waals surface area (Å²) in [4.78, 5) is 32.8.